The minimum absolute atomic E-state index is 0. The molecule has 2 aromatic rings. The highest BCUT2D eigenvalue weighted by Crippen LogP contribution is 2.15. The lowest BCUT2D eigenvalue weighted by atomic mass is 10.0. The maximum absolute atomic E-state index is 13.4. The topological polar surface area (TPSA) is 80.9 Å². The number of thiazole rings is 1. The Bertz CT molecular complexity index is 646. The van der Waals surface area contributed by atoms with Crippen molar-refractivity contribution in [3.63, 3.8) is 0 Å². The first-order valence-corrected chi connectivity index (χ1v) is 7.34. The van der Waals surface area contributed by atoms with Crippen LogP contribution in [0.2, 0.25) is 0 Å². The number of nitrogens with two attached hydrogens (primary N) is 1. The summed E-state index contributed by atoms with van der Waals surface area (Å²) in [4.78, 5) is 20.1. The molecule has 0 spiro atoms. The fourth-order valence-corrected chi connectivity index (χ4v) is 2.70. The third-order valence-electron chi connectivity index (χ3n) is 2.64. The highest BCUT2D eigenvalue weighted by molar-refractivity contribution is 7.09. The maximum Gasteiger partial charge on any atom is 0.271 e. The number of aromatic nitrogens is 2. The zero-order valence-corrected chi connectivity index (χ0v) is 15.2. The summed E-state index contributed by atoms with van der Waals surface area (Å²) in [5.74, 6) is -0.793. The number of nitrogens with one attached hydrogen (secondary N) is 1. The molecule has 0 atom stereocenters. The molecule has 3 N–H and O–H groups in total. The van der Waals surface area contributed by atoms with E-state index in [-0.39, 0.29) is 48.5 Å². The predicted octanol–water partition coefficient (Wildman–Crippen LogP) is 2.73. The molecule has 2 rings (SSSR count). The van der Waals surface area contributed by atoms with Crippen LogP contribution in [0.3, 0.4) is 0 Å². The van der Waals surface area contributed by atoms with Crippen molar-refractivity contribution in [2.45, 2.75) is 32.4 Å². The molecule has 0 radical (unpaired) electrons. The van der Waals surface area contributed by atoms with Crippen molar-refractivity contribution in [1.29, 1.82) is 0 Å². The summed E-state index contributed by atoms with van der Waals surface area (Å²) in [6.45, 7) is 3.83. The molecule has 1 amide bonds. The summed E-state index contributed by atoms with van der Waals surface area (Å²) in [7, 11) is 0. The molecule has 0 aliphatic rings. The Labute approximate surface area is 150 Å². The molecule has 0 saturated heterocycles. The summed E-state index contributed by atoms with van der Waals surface area (Å²) in [5, 5.41) is 5.08. The van der Waals surface area contributed by atoms with Crippen molar-refractivity contribution in [2.24, 2.45) is 5.73 Å². The quantitative estimate of drug-likeness (QED) is 0.835. The lowest BCUT2D eigenvalue weighted by molar-refractivity contribution is 0.0945. The lowest BCUT2D eigenvalue weighted by Gasteiger charge is -2.15. The minimum atomic E-state index is -0.443. The van der Waals surface area contributed by atoms with E-state index in [0.29, 0.717) is 12.1 Å². The van der Waals surface area contributed by atoms with E-state index in [1.165, 1.54) is 29.7 Å². The van der Waals surface area contributed by atoms with Gasteiger partial charge in [0.25, 0.3) is 5.91 Å². The van der Waals surface area contributed by atoms with E-state index in [9.17, 15) is 9.18 Å². The molecule has 0 saturated carbocycles. The van der Waals surface area contributed by atoms with Crippen LogP contribution in [0.1, 0.15) is 35.0 Å². The molecular formula is C14H19Cl2FN4OS. The summed E-state index contributed by atoms with van der Waals surface area (Å²) in [6.07, 6.45) is 2.08. The van der Waals surface area contributed by atoms with E-state index in [2.05, 4.69) is 15.3 Å². The van der Waals surface area contributed by atoms with E-state index in [0.717, 1.165) is 5.01 Å². The zero-order valence-electron chi connectivity index (χ0n) is 12.7. The third kappa shape index (κ3) is 6.78. The molecule has 5 nitrogen and oxygen atoms in total. The van der Waals surface area contributed by atoms with Crippen molar-refractivity contribution in [3.05, 3.63) is 45.9 Å². The molecule has 0 bridgehead atoms. The number of hydrogen-bond acceptors (Lipinski definition) is 5. The summed E-state index contributed by atoms with van der Waals surface area (Å²) in [5.41, 5.74) is 6.06. The zero-order chi connectivity index (χ0) is 15.5. The van der Waals surface area contributed by atoms with E-state index in [1.54, 1.807) is 5.38 Å². The van der Waals surface area contributed by atoms with Gasteiger partial charge in [-0.05, 0) is 26.0 Å². The smallest absolute Gasteiger partial charge is 0.271 e. The molecule has 0 fully saturated rings. The Morgan fingerprint density at radius 3 is 2.74 bits per heavy atom. The van der Waals surface area contributed by atoms with Crippen LogP contribution in [0.25, 0.3) is 0 Å². The van der Waals surface area contributed by atoms with Crippen LogP contribution in [0, 0.1) is 5.82 Å². The van der Waals surface area contributed by atoms with E-state index < -0.39 is 5.82 Å². The Kier molecular flexibility index (Phi) is 8.61. The normalized spacial score (nSPS) is 10.4. The second-order valence-corrected chi connectivity index (χ2v) is 6.35. The van der Waals surface area contributed by atoms with Crippen LogP contribution >= 0.6 is 36.2 Å². The first-order valence-electron chi connectivity index (χ1n) is 6.46. The number of nitrogens with zero attached hydrogens (tertiary/aromatic N) is 2. The van der Waals surface area contributed by atoms with Crippen LogP contribution in [0.15, 0.2) is 23.7 Å². The monoisotopic (exact) mass is 380 g/mol. The SMILES string of the molecule is CC(C)(N)Cc1nc(C(=O)NCc2ncccc2F)cs1.Cl.Cl. The molecular weight excluding hydrogens is 362 g/mol. The van der Waals surface area contributed by atoms with Crippen molar-refractivity contribution in [3.8, 4) is 0 Å². The van der Waals surface area contributed by atoms with Crippen LogP contribution in [-0.4, -0.2) is 21.4 Å². The van der Waals surface area contributed by atoms with Gasteiger partial charge in [-0.2, -0.15) is 0 Å². The third-order valence-corrected chi connectivity index (χ3v) is 3.49. The molecule has 0 unspecified atom stereocenters. The van der Waals surface area contributed by atoms with E-state index in [1.807, 2.05) is 13.8 Å². The number of pyridine rings is 1. The number of carbonyl (C=O) groups is 1. The van der Waals surface area contributed by atoms with Crippen LogP contribution < -0.4 is 11.1 Å². The molecule has 9 heteroatoms. The average molecular weight is 381 g/mol. The van der Waals surface area contributed by atoms with Crippen LogP contribution in [0.5, 0.6) is 0 Å². The van der Waals surface area contributed by atoms with Crippen molar-refractivity contribution >= 4 is 42.1 Å². The van der Waals surface area contributed by atoms with Crippen molar-refractivity contribution in [1.82, 2.24) is 15.3 Å². The second-order valence-electron chi connectivity index (χ2n) is 5.41. The minimum Gasteiger partial charge on any atom is -0.345 e. The Balaban J connectivity index is 0.00000242. The number of carbonyl (C=O) groups excluding carboxylic acids is 1. The van der Waals surface area contributed by atoms with Crippen molar-refractivity contribution in [2.75, 3.05) is 0 Å². The van der Waals surface area contributed by atoms with Gasteiger partial charge in [-0.15, -0.1) is 36.2 Å². The fraction of sp³-hybridized carbons (Fsp3) is 0.357. The predicted molar refractivity (Wildman–Crippen MR) is 93.9 cm³/mol. The highest BCUT2D eigenvalue weighted by Gasteiger charge is 2.17. The number of rotatable bonds is 5. The van der Waals surface area contributed by atoms with Crippen LogP contribution in [-0.2, 0) is 13.0 Å². The molecule has 0 aliphatic heterocycles. The Hall–Kier alpha value is -1.28. The van der Waals surface area contributed by atoms with Gasteiger partial charge in [0.1, 0.15) is 11.5 Å². The van der Waals surface area contributed by atoms with Gasteiger partial charge < -0.3 is 11.1 Å². The molecule has 2 heterocycles. The second kappa shape index (κ2) is 9.12. The summed E-state index contributed by atoms with van der Waals surface area (Å²) >= 11 is 1.39. The van der Waals surface area contributed by atoms with Gasteiger partial charge in [0.05, 0.1) is 17.2 Å². The maximum atomic E-state index is 13.4. The first-order chi connectivity index (χ1) is 9.85. The van der Waals surface area contributed by atoms with Gasteiger partial charge in [0.15, 0.2) is 0 Å². The Morgan fingerprint density at radius 1 is 1.43 bits per heavy atom. The number of hydrogen-bond donors (Lipinski definition) is 2. The van der Waals surface area contributed by atoms with Gasteiger partial charge in [0.2, 0.25) is 0 Å². The van der Waals surface area contributed by atoms with Gasteiger partial charge in [-0.25, -0.2) is 9.37 Å². The summed E-state index contributed by atoms with van der Waals surface area (Å²) < 4.78 is 13.4. The highest BCUT2D eigenvalue weighted by atomic mass is 35.5. The number of halogens is 3. The van der Waals surface area contributed by atoms with Gasteiger partial charge in [0, 0.05) is 23.5 Å². The summed E-state index contributed by atoms with van der Waals surface area (Å²) in [6, 6.07) is 2.81. The largest absolute Gasteiger partial charge is 0.345 e. The van der Waals surface area contributed by atoms with E-state index >= 15 is 0 Å². The average Bonchev–Trinajstić information content (AvgIpc) is 2.83. The molecule has 2 aromatic heterocycles. The van der Waals surface area contributed by atoms with Crippen LogP contribution in [0.4, 0.5) is 4.39 Å². The van der Waals surface area contributed by atoms with Gasteiger partial charge in [-0.3, -0.25) is 9.78 Å². The molecule has 128 valence electrons. The molecule has 0 aromatic carbocycles. The fourth-order valence-electron chi connectivity index (χ4n) is 1.69. The van der Waals surface area contributed by atoms with Gasteiger partial charge in [-0.1, -0.05) is 0 Å². The lowest BCUT2D eigenvalue weighted by Crippen LogP contribution is -2.34. The van der Waals surface area contributed by atoms with Gasteiger partial charge >= 0.3 is 0 Å². The molecule has 23 heavy (non-hydrogen) atoms. The first kappa shape index (κ1) is 21.7. The van der Waals surface area contributed by atoms with Crippen molar-refractivity contribution < 1.29 is 9.18 Å². The van der Waals surface area contributed by atoms with E-state index in [4.69, 9.17) is 5.73 Å². The standard InChI is InChI=1S/C14H17FN4OS.2ClH/c1-14(2,16)6-12-19-11(8-21-12)13(20)18-7-10-9(15)4-3-5-17-10;;/h3-5,8H,6-7,16H2,1-2H3,(H,18,20);2*1H. The molecule has 0 aliphatic carbocycles. The Morgan fingerprint density at radius 2 is 2.13 bits per heavy atom. The number of amides is 1.